The quantitative estimate of drug-likeness (QED) is 0.786. The average molecular weight is 290 g/mol. The number of primary sulfonamides is 1. The zero-order valence-corrected chi connectivity index (χ0v) is 12.4. The molecule has 7 heteroatoms. The highest BCUT2D eigenvalue weighted by atomic mass is 32.2. The minimum Gasteiger partial charge on any atom is -0.444 e. The maximum absolute atomic E-state index is 12.2. The Labute approximate surface area is 114 Å². The van der Waals surface area contributed by atoms with E-state index in [1.54, 1.807) is 4.90 Å². The van der Waals surface area contributed by atoms with E-state index in [9.17, 15) is 13.2 Å². The first-order valence-electron chi connectivity index (χ1n) is 6.61. The van der Waals surface area contributed by atoms with Gasteiger partial charge in [-0.2, -0.15) is 0 Å². The van der Waals surface area contributed by atoms with Crippen LogP contribution in [0.4, 0.5) is 4.79 Å². The summed E-state index contributed by atoms with van der Waals surface area (Å²) in [6.07, 6.45) is 2.17. The van der Waals surface area contributed by atoms with Gasteiger partial charge in [-0.15, -0.1) is 0 Å². The molecule has 0 aromatic carbocycles. The molecule has 0 aromatic rings. The number of sulfonamides is 1. The number of nitrogens with two attached hydrogens (primary N) is 1. The number of fused-ring (bicyclic) bond motifs is 2. The van der Waals surface area contributed by atoms with Crippen LogP contribution < -0.4 is 5.14 Å². The molecule has 2 N–H and O–H groups in total. The van der Waals surface area contributed by atoms with Gasteiger partial charge in [0.25, 0.3) is 0 Å². The van der Waals surface area contributed by atoms with Gasteiger partial charge in [-0.05, 0) is 46.5 Å². The van der Waals surface area contributed by atoms with Crippen LogP contribution in [0.5, 0.6) is 0 Å². The van der Waals surface area contributed by atoms with Crippen molar-refractivity contribution in [2.24, 2.45) is 5.14 Å². The monoisotopic (exact) mass is 290 g/mol. The van der Waals surface area contributed by atoms with Crippen molar-refractivity contribution in [2.75, 3.05) is 0 Å². The molecule has 0 aliphatic carbocycles. The Morgan fingerprint density at radius 1 is 1.21 bits per heavy atom. The van der Waals surface area contributed by atoms with E-state index in [0.29, 0.717) is 12.8 Å². The van der Waals surface area contributed by atoms with E-state index in [1.165, 1.54) is 0 Å². The van der Waals surface area contributed by atoms with Crippen LogP contribution in [-0.4, -0.2) is 42.3 Å². The second-order valence-corrected chi connectivity index (χ2v) is 8.30. The first kappa shape index (κ1) is 14.6. The molecule has 110 valence electrons. The number of carbonyl (C=O) groups is 1. The topological polar surface area (TPSA) is 89.7 Å². The highest BCUT2D eigenvalue weighted by molar-refractivity contribution is 7.89. The summed E-state index contributed by atoms with van der Waals surface area (Å²) >= 11 is 0. The van der Waals surface area contributed by atoms with Gasteiger partial charge in [0.05, 0.1) is 5.25 Å². The number of ether oxygens (including phenoxy) is 1. The zero-order chi connectivity index (χ0) is 14.4. The van der Waals surface area contributed by atoms with Gasteiger partial charge in [0.2, 0.25) is 10.0 Å². The first-order chi connectivity index (χ1) is 8.58. The summed E-state index contributed by atoms with van der Waals surface area (Å²) < 4.78 is 28.3. The molecule has 2 bridgehead atoms. The first-order valence-corrected chi connectivity index (χ1v) is 8.22. The van der Waals surface area contributed by atoms with Crippen LogP contribution in [0.25, 0.3) is 0 Å². The minimum absolute atomic E-state index is 0.0584. The Morgan fingerprint density at radius 3 is 2.05 bits per heavy atom. The smallest absolute Gasteiger partial charge is 0.410 e. The number of amides is 1. The fourth-order valence-corrected chi connectivity index (χ4v) is 3.99. The van der Waals surface area contributed by atoms with Crippen molar-refractivity contribution in [3.05, 3.63) is 0 Å². The van der Waals surface area contributed by atoms with Gasteiger partial charge in [0.1, 0.15) is 5.60 Å². The molecule has 1 unspecified atom stereocenters. The summed E-state index contributed by atoms with van der Waals surface area (Å²) in [6, 6.07) is -0.117. The van der Waals surface area contributed by atoms with Gasteiger partial charge >= 0.3 is 6.09 Å². The second-order valence-electron chi connectivity index (χ2n) is 6.46. The Morgan fingerprint density at radius 2 is 1.68 bits per heavy atom. The molecule has 1 amide bonds. The van der Waals surface area contributed by atoms with Crippen molar-refractivity contribution in [1.82, 2.24) is 4.90 Å². The predicted molar refractivity (Wildman–Crippen MR) is 71.0 cm³/mol. The van der Waals surface area contributed by atoms with Gasteiger partial charge in [-0.1, -0.05) is 0 Å². The summed E-state index contributed by atoms with van der Waals surface area (Å²) in [7, 11) is -3.51. The largest absolute Gasteiger partial charge is 0.444 e. The predicted octanol–water partition coefficient (Wildman–Crippen LogP) is 1.21. The lowest BCUT2D eigenvalue weighted by molar-refractivity contribution is 0.00813. The highest BCUT2D eigenvalue weighted by Crippen LogP contribution is 2.38. The Balaban J connectivity index is 2.10. The van der Waals surface area contributed by atoms with E-state index in [1.807, 2.05) is 20.8 Å². The van der Waals surface area contributed by atoms with Crippen LogP contribution in [0.2, 0.25) is 0 Å². The van der Waals surface area contributed by atoms with E-state index in [-0.39, 0.29) is 18.2 Å². The maximum Gasteiger partial charge on any atom is 0.410 e. The van der Waals surface area contributed by atoms with E-state index in [4.69, 9.17) is 9.88 Å². The summed E-state index contributed by atoms with van der Waals surface area (Å²) in [4.78, 5) is 13.9. The lowest BCUT2D eigenvalue weighted by Crippen LogP contribution is -2.52. The van der Waals surface area contributed by atoms with Crippen molar-refractivity contribution in [1.29, 1.82) is 0 Å². The number of nitrogens with zero attached hydrogens (tertiary/aromatic N) is 1. The average Bonchev–Trinajstić information content (AvgIpc) is 2.45. The number of hydrogen-bond donors (Lipinski definition) is 1. The molecule has 0 saturated carbocycles. The molecular weight excluding hydrogens is 268 g/mol. The number of piperidine rings is 1. The molecule has 2 aliphatic rings. The molecule has 2 rings (SSSR count). The third kappa shape index (κ3) is 3.20. The van der Waals surface area contributed by atoms with Crippen LogP contribution in [0.15, 0.2) is 0 Å². The van der Waals surface area contributed by atoms with E-state index < -0.39 is 20.9 Å². The van der Waals surface area contributed by atoms with Crippen LogP contribution in [0, 0.1) is 0 Å². The van der Waals surface area contributed by atoms with Crippen molar-refractivity contribution < 1.29 is 17.9 Å². The lowest BCUT2D eigenvalue weighted by atomic mass is 10.0. The Hall–Kier alpha value is -0.820. The third-order valence-corrected chi connectivity index (χ3v) is 5.07. The molecule has 19 heavy (non-hydrogen) atoms. The van der Waals surface area contributed by atoms with Crippen LogP contribution in [0.1, 0.15) is 46.5 Å². The van der Waals surface area contributed by atoms with Crippen molar-refractivity contribution in [3.63, 3.8) is 0 Å². The molecule has 2 fully saturated rings. The molecule has 0 aromatic heterocycles. The Kier molecular flexibility index (Phi) is 3.55. The van der Waals surface area contributed by atoms with Crippen LogP contribution >= 0.6 is 0 Å². The third-order valence-electron chi connectivity index (χ3n) is 3.76. The number of carbonyl (C=O) groups excluding carboxylic acids is 1. The fraction of sp³-hybridized carbons (Fsp3) is 0.917. The summed E-state index contributed by atoms with van der Waals surface area (Å²) in [6.45, 7) is 5.47. The standard InChI is InChI=1S/C12H22N2O4S/c1-12(2,3)18-11(15)14-8-4-5-9(14)7-10(6-8)19(13,16)17/h8-10H,4-7H2,1-3H3,(H2,13,16,17)/t8-,9+,10?. The lowest BCUT2D eigenvalue weighted by Gasteiger charge is -2.38. The molecular formula is C12H22N2O4S. The summed E-state index contributed by atoms with van der Waals surface area (Å²) in [5.41, 5.74) is -0.534. The highest BCUT2D eigenvalue weighted by Gasteiger charge is 2.47. The van der Waals surface area contributed by atoms with E-state index in [2.05, 4.69) is 0 Å². The van der Waals surface area contributed by atoms with Crippen LogP contribution in [0.3, 0.4) is 0 Å². The van der Waals surface area contributed by atoms with Crippen molar-refractivity contribution in [3.8, 4) is 0 Å². The van der Waals surface area contributed by atoms with Gasteiger partial charge in [-0.3, -0.25) is 0 Å². The number of rotatable bonds is 1. The maximum atomic E-state index is 12.2. The Bertz CT molecular complexity index is 455. The molecule has 2 heterocycles. The van der Waals surface area contributed by atoms with E-state index >= 15 is 0 Å². The second kappa shape index (κ2) is 4.63. The molecule has 2 saturated heterocycles. The van der Waals surface area contributed by atoms with Gasteiger partial charge in [0, 0.05) is 12.1 Å². The molecule has 3 atom stereocenters. The molecule has 0 radical (unpaired) electrons. The number of hydrogen-bond acceptors (Lipinski definition) is 4. The molecule has 2 aliphatic heterocycles. The minimum atomic E-state index is -3.51. The molecule has 6 nitrogen and oxygen atoms in total. The summed E-state index contributed by atoms with van der Waals surface area (Å²) in [5, 5.41) is 4.70. The van der Waals surface area contributed by atoms with Gasteiger partial charge in [-0.25, -0.2) is 18.4 Å². The van der Waals surface area contributed by atoms with Crippen molar-refractivity contribution in [2.45, 2.75) is 69.4 Å². The fourth-order valence-electron chi connectivity index (χ4n) is 3.01. The normalized spacial score (nSPS) is 31.4. The van der Waals surface area contributed by atoms with E-state index in [0.717, 1.165) is 12.8 Å². The van der Waals surface area contributed by atoms with Crippen molar-refractivity contribution >= 4 is 16.1 Å². The van der Waals surface area contributed by atoms with Gasteiger partial charge in [0.15, 0.2) is 0 Å². The zero-order valence-electron chi connectivity index (χ0n) is 11.6. The summed E-state index contributed by atoms with van der Waals surface area (Å²) in [5.74, 6) is 0. The molecule has 0 spiro atoms. The SMILES string of the molecule is CC(C)(C)OC(=O)N1[C@@H]2CC[C@H]1CC(S(N)(=O)=O)C2. The van der Waals surface area contributed by atoms with Crippen LogP contribution in [-0.2, 0) is 14.8 Å². The van der Waals surface area contributed by atoms with Gasteiger partial charge < -0.3 is 9.64 Å².